The van der Waals surface area contributed by atoms with Gasteiger partial charge < -0.3 is 4.74 Å². The van der Waals surface area contributed by atoms with Crippen LogP contribution in [0.5, 0.6) is 5.75 Å². The van der Waals surface area contributed by atoms with Gasteiger partial charge in [0.1, 0.15) is 5.75 Å². The van der Waals surface area contributed by atoms with E-state index in [0.717, 1.165) is 27.6 Å². The van der Waals surface area contributed by atoms with Crippen molar-refractivity contribution in [3.8, 4) is 22.6 Å². The Balaban J connectivity index is 1.89. The molecule has 0 aliphatic heterocycles. The molecule has 21 heavy (non-hydrogen) atoms. The van der Waals surface area contributed by atoms with Crippen molar-refractivity contribution >= 4 is 11.6 Å². The molecule has 0 radical (unpaired) electrons. The van der Waals surface area contributed by atoms with Gasteiger partial charge in [-0.2, -0.15) is 5.10 Å². The summed E-state index contributed by atoms with van der Waals surface area (Å²) in [6.45, 7) is 2.63. The van der Waals surface area contributed by atoms with Crippen molar-refractivity contribution in [1.82, 2.24) is 9.78 Å². The molecule has 106 valence electrons. The molecule has 0 amide bonds. The molecule has 0 aliphatic carbocycles. The summed E-state index contributed by atoms with van der Waals surface area (Å²) in [5.41, 5.74) is 2.96. The smallest absolute Gasteiger partial charge is 0.119 e. The van der Waals surface area contributed by atoms with Gasteiger partial charge in [0.2, 0.25) is 0 Å². The standard InChI is InChI=1S/C17H15ClN2O/c1-2-21-15-9-7-14(8-10-15)20-12-13(11-19-20)16-5-3-4-6-17(16)18/h3-12H,2H2,1H3. The number of nitrogens with zero attached hydrogens (tertiary/aromatic N) is 2. The molecule has 0 bridgehead atoms. The van der Waals surface area contributed by atoms with Crippen molar-refractivity contribution in [1.29, 1.82) is 0 Å². The molecule has 0 unspecified atom stereocenters. The second-order valence-corrected chi connectivity index (χ2v) is 4.99. The maximum Gasteiger partial charge on any atom is 0.119 e. The lowest BCUT2D eigenvalue weighted by Crippen LogP contribution is -1.95. The number of aromatic nitrogens is 2. The van der Waals surface area contributed by atoms with Gasteiger partial charge >= 0.3 is 0 Å². The predicted octanol–water partition coefficient (Wildman–Crippen LogP) is 4.59. The van der Waals surface area contributed by atoms with Crippen molar-refractivity contribution in [2.24, 2.45) is 0 Å². The molecule has 1 aromatic heterocycles. The highest BCUT2D eigenvalue weighted by Crippen LogP contribution is 2.27. The molecule has 0 fully saturated rings. The molecule has 0 spiro atoms. The maximum atomic E-state index is 6.22. The maximum absolute atomic E-state index is 6.22. The van der Waals surface area contributed by atoms with Crippen LogP contribution >= 0.6 is 11.6 Å². The van der Waals surface area contributed by atoms with Gasteiger partial charge in [-0.15, -0.1) is 0 Å². The van der Waals surface area contributed by atoms with E-state index in [4.69, 9.17) is 16.3 Å². The average Bonchev–Trinajstić information content (AvgIpc) is 2.98. The van der Waals surface area contributed by atoms with Crippen LogP contribution in [0.2, 0.25) is 5.02 Å². The van der Waals surface area contributed by atoms with Crippen LogP contribution < -0.4 is 4.74 Å². The molecule has 0 saturated carbocycles. The molecule has 3 rings (SSSR count). The Labute approximate surface area is 128 Å². The number of rotatable bonds is 4. The molecule has 4 heteroatoms. The molecular formula is C17H15ClN2O. The van der Waals surface area contributed by atoms with E-state index >= 15 is 0 Å². The zero-order valence-corrected chi connectivity index (χ0v) is 12.4. The molecule has 1 heterocycles. The molecule has 0 atom stereocenters. The quantitative estimate of drug-likeness (QED) is 0.704. The summed E-state index contributed by atoms with van der Waals surface area (Å²) < 4.78 is 7.27. The topological polar surface area (TPSA) is 27.1 Å². The van der Waals surface area contributed by atoms with Crippen LogP contribution in [0.1, 0.15) is 6.92 Å². The van der Waals surface area contributed by atoms with Crippen LogP contribution in [0.15, 0.2) is 60.9 Å². The number of hydrogen-bond donors (Lipinski definition) is 0. The molecule has 3 nitrogen and oxygen atoms in total. The molecule has 0 aliphatic rings. The first-order valence-corrected chi connectivity index (χ1v) is 7.18. The van der Waals surface area contributed by atoms with Gasteiger partial charge in [-0.05, 0) is 37.3 Å². The molecule has 3 aromatic rings. The number of ether oxygens (including phenoxy) is 1. The number of benzene rings is 2. The summed E-state index contributed by atoms with van der Waals surface area (Å²) >= 11 is 6.22. The fraction of sp³-hybridized carbons (Fsp3) is 0.118. The second kappa shape index (κ2) is 6.02. The third-order valence-electron chi connectivity index (χ3n) is 3.18. The Morgan fingerprint density at radius 2 is 1.86 bits per heavy atom. The first-order chi connectivity index (χ1) is 10.3. The lowest BCUT2D eigenvalue weighted by atomic mass is 10.1. The normalized spacial score (nSPS) is 10.6. The first kappa shape index (κ1) is 13.7. The zero-order chi connectivity index (χ0) is 14.7. The average molecular weight is 299 g/mol. The monoisotopic (exact) mass is 298 g/mol. The minimum Gasteiger partial charge on any atom is -0.494 e. The van der Waals surface area contributed by atoms with Crippen molar-refractivity contribution in [3.05, 3.63) is 65.9 Å². The van der Waals surface area contributed by atoms with Gasteiger partial charge in [0.25, 0.3) is 0 Å². The Hall–Kier alpha value is -2.26. The minimum absolute atomic E-state index is 0.664. The summed E-state index contributed by atoms with van der Waals surface area (Å²) in [6, 6.07) is 15.6. The highest BCUT2D eigenvalue weighted by atomic mass is 35.5. The van der Waals surface area contributed by atoms with Gasteiger partial charge in [-0.1, -0.05) is 29.8 Å². The highest BCUT2D eigenvalue weighted by molar-refractivity contribution is 6.33. The number of halogens is 1. The summed E-state index contributed by atoms with van der Waals surface area (Å²) in [7, 11) is 0. The van der Waals surface area contributed by atoms with Crippen molar-refractivity contribution in [2.75, 3.05) is 6.61 Å². The third kappa shape index (κ3) is 2.93. The summed E-state index contributed by atoms with van der Waals surface area (Å²) in [6.07, 6.45) is 3.79. The van der Waals surface area contributed by atoms with Crippen molar-refractivity contribution in [2.45, 2.75) is 6.92 Å². The van der Waals surface area contributed by atoms with E-state index in [2.05, 4.69) is 5.10 Å². The van der Waals surface area contributed by atoms with Crippen LogP contribution in [0.3, 0.4) is 0 Å². The Kier molecular flexibility index (Phi) is 3.93. The Bertz CT molecular complexity index is 735. The van der Waals surface area contributed by atoms with Crippen LogP contribution in [0.25, 0.3) is 16.8 Å². The fourth-order valence-corrected chi connectivity index (χ4v) is 2.41. The molecule has 2 aromatic carbocycles. The first-order valence-electron chi connectivity index (χ1n) is 6.80. The van der Waals surface area contributed by atoms with Crippen LogP contribution in [0, 0.1) is 0 Å². The Morgan fingerprint density at radius 1 is 1.10 bits per heavy atom. The predicted molar refractivity (Wildman–Crippen MR) is 85.2 cm³/mol. The lowest BCUT2D eigenvalue weighted by Gasteiger charge is -2.05. The van der Waals surface area contributed by atoms with E-state index in [1.807, 2.05) is 72.5 Å². The Morgan fingerprint density at radius 3 is 2.57 bits per heavy atom. The highest BCUT2D eigenvalue weighted by Gasteiger charge is 2.06. The van der Waals surface area contributed by atoms with Gasteiger partial charge in [0, 0.05) is 22.3 Å². The largest absolute Gasteiger partial charge is 0.494 e. The van der Waals surface area contributed by atoms with Gasteiger partial charge in [-0.25, -0.2) is 4.68 Å². The van der Waals surface area contributed by atoms with Crippen LogP contribution in [0.4, 0.5) is 0 Å². The van der Waals surface area contributed by atoms with Gasteiger partial charge in [-0.3, -0.25) is 0 Å². The van der Waals surface area contributed by atoms with E-state index in [1.165, 1.54) is 0 Å². The summed E-state index contributed by atoms with van der Waals surface area (Å²) in [5.74, 6) is 0.861. The lowest BCUT2D eigenvalue weighted by molar-refractivity contribution is 0.340. The van der Waals surface area contributed by atoms with E-state index in [-0.39, 0.29) is 0 Å². The second-order valence-electron chi connectivity index (χ2n) is 4.58. The van der Waals surface area contributed by atoms with Crippen molar-refractivity contribution < 1.29 is 4.74 Å². The van der Waals surface area contributed by atoms with Crippen molar-refractivity contribution in [3.63, 3.8) is 0 Å². The summed E-state index contributed by atoms with van der Waals surface area (Å²) in [5, 5.41) is 5.12. The number of hydrogen-bond acceptors (Lipinski definition) is 2. The molecule has 0 saturated heterocycles. The fourth-order valence-electron chi connectivity index (χ4n) is 2.16. The van der Waals surface area contributed by atoms with Crippen LogP contribution in [-0.2, 0) is 0 Å². The van der Waals surface area contributed by atoms with Gasteiger partial charge in [0.05, 0.1) is 18.5 Å². The summed E-state index contributed by atoms with van der Waals surface area (Å²) in [4.78, 5) is 0. The van der Waals surface area contributed by atoms with E-state index in [9.17, 15) is 0 Å². The molecular weight excluding hydrogens is 284 g/mol. The molecule has 0 N–H and O–H groups in total. The van der Waals surface area contributed by atoms with E-state index < -0.39 is 0 Å². The van der Waals surface area contributed by atoms with Gasteiger partial charge in [0.15, 0.2) is 0 Å². The zero-order valence-electron chi connectivity index (χ0n) is 11.7. The van der Waals surface area contributed by atoms with E-state index in [1.54, 1.807) is 0 Å². The van der Waals surface area contributed by atoms with E-state index in [0.29, 0.717) is 6.61 Å². The third-order valence-corrected chi connectivity index (χ3v) is 3.51. The minimum atomic E-state index is 0.664. The van der Waals surface area contributed by atoms with Crippen LogP contribution in [-0.4, -0.2) is 16.4 Å². The SMILES string of the molecule is CCOc1ccc(-n2cc(-c3ccccc3Cl)cn2)cc1.